The van der Waals surface area contributed by atoms with Crippen molar-refractivity contribution in [1.82, 2.24) is 9.97 Å². The summed E-state index contributed by atoms with van der Waals surface area (Å²) in [5.41, 5.74) is 3.91. The Labute approximate surface area is 197 Å². The molecule has 0 radical (unpaired) electrons. The van der Waals surface area contributed by atoms with Crippen molar-refractivity contribution in [3.8, 4) is 11.5 Å². The van der Waals surface area contributed by atoms with E-state index in [1.165, 1.54) is 11.8 Å². The Morgan fingerprint density at radius 1 is 0.879 bits per heavy atom. The summed E-state index contributed by atoms with van der Waals surface area (Å²) in [5.74, 6) is 0.649. The van der Waals surface area contributed by atoms with Crippen LogP contribution in [0.2, 0.25) is 0 Å². The van der Waals surface area contributed by atoms with E-state index in [0.29, 0.717) is 11.6 Å². The fourth-order valence-electron chi connectivity index (χ4n) is 3.78. The minimum atomic E-state index is -0.103. The number of oxazole rings is 1. The standard InChI is InChI=1S/C26H17N3O2S2/c30-23(15-32-26-29-20-11-5-6-12-22(20)33-26)27-19-10-4-3-9-18(19)25-28-21-14-13-16-7-1-2-8-17(16)24(21)31-25/h1-14H,15H2,(H,27,30). The monoisotopic (exact) mass is 467 g/mol. The molecule has 0 spiro atoms. The molecule has 0 unspecified atom stereocenters. The molecule has 0 aliphatic rings. The number of anilines is 1. The van der Waals surface area contributed by atoms with E-state index in [1.54, 1.807) is 11.3 Å². The quantitative estimate of drug-likeness (QED) is 0.277. The van der Waals surface area contributed by atoms with Gasteiger partial charge in [-0.25, -0.2) is 9.97 Å². The summed E-state index contributed by atoms with van der Waals surface area (Å²) in [5, 5.41) is 5.13. The van der Waals surface area contributed by atoms with Gasteiger partial charge in [-0.3, -0.25) is 4.79 Å². The molecule has 6 rings (SSSR count). The lowest BCUT2D eigenvalue weighted by atomic mass is 10.1. The summed E-state index contributed by atoms with van der Waals surface area (Å²) in [4.78, 5) is 22.0. The van der Waals surface area contributed by atoms with Crippen LogP contribution in [0.3, 0.4) is 0 Å². The number of amides is 1. The molecule has 5 nitrogen and oxygen atoms in total. The average molecular weight is 468 g/mol. The fraction of sp³-hybridized carbons (Fsp3) is 0.0385. The van der Waals surface area contributed by atoms with Gasteiger partial charge in [-0.05, 0) is 35.7 Å². The van der Waals surface area contributed by atoms with Crippen LogP contribution in [0, 0.1) is 0 Å². The lowest BCUT2D eigenvalue weighted by molar-refractivity contribution is -0.113. The summed E-state index contributed by atoms with van der Waals surface area (Å²) in [6, 6.07) is 27.6. The van der Waals surface area contributed by atoms with Crippen LogP contribution in [-0.4, -0.2) is 21.6 Å². The summed E-state index contributed by atoms with van der Waals surface area (Å²) >= 11 is 3.03. The Hall–Kier alpha value is -3.68. The van der Waals surface area contributed by atoms with Gasteiger partial charge in [0.15, 0.2) is 9.92 Å². The van der Waals surface area contributed by atoms with E-state index < -0.39 is 0 Å². The van der Waals surface area contributed by atoms with Crippen molar-refractivity contribution in [3.63, 3.8) is 0 Å². The van der Waals surface area contributed by atoms with E-state index in [1.807, 2.05) is 84.9 Å². The predicted molar refractivity (Wildman–Crippen MR) is 136 cm³/mol. The summed E-state index contributed by atoms with van der Waals surface area (Å²) in [6.07, 6.45) is 0. The lowest BCUT2D eigenvalue weighted by Gasteiger charge is -2.08. The zero-order chi connectivity index (χ0) is 22.2. The van der Waals surface area contributed by atoms with Crippen molar-refractivity contribution in [2.45, 2.75) is 4.34 Å². The van der Waals surface area contributed by atoms with Crippen LogP contribution in [0.1, 0.15) is 0 Å². The van der Waals surface area contributed by atoms with Crippen molar-refractivity contribution in [2.24, 2.45) is 0 Å². The van der Waals surface area contributed by atoms with Gasteiger partial charge in [-0.15, -0.1) is 11.3 Å². The molecule has 4 aromatic carbocycles. The zero-order valence-electron chi connectivity index (χ0n) is 17.3. The number of nitrogens with one attached hydrogen (secondary N) is 1. The van der Waals surface area contributed by atoms with E-state index in [-0.39, 0.29) is 11.7 Å². The first kappa shape index (κ1) is 20.0. The second-order valence-corrected chi connectivity index (χ2v) is 9.74. The van der Waals surface area contributed by atoms with Crippen LogP contribution in [0.25, 0.3) is 43.5 Å². The fourth-order valence-corrected chi connectivity index (χ4v) is 5.64. The summed E-state index contributed by atoms with van der Waals surface area (Å²) < 4.78 is 8.18. The first-order chi connectivity index (χ1) is 16.2. The maximum Gasteiger partial charge on any atom is 0.234 e. The molecule has 0 bridgehead atoms. The molecular weight excluding hydrogens is 450 g/mol. The van der Waals surface area contributed by atoms with Gasteiger partial charge in [-0.1, -0.05) is 66.4 Å². The highest BCUT2D eigenvalue weighted by molar-refractivity contribution is 8.01. The van der Waals surface area contributed by atoms with E-state index in [0.717, 1.165) is 42.0 Å². The number of hydrogen-bond acceptors (Lipinski definition) is 6. The van der Waals surface area contributed by atoms with Crippen LogP contribution in [0.4, 0.5) is 5.69 Å². The third-order valence-electron chi connectivity index (χ3n) is 5.31. The molecule has 1 amide bonds. The first-order valence-corrected chi connectivity index (χ1v) is 12.2. The Morgan fingerprint density at radius 3 is 2.64 bits per heavy atom. The highest BCUT2D eigenvalue weighted by Gasteiger charge is 2.16. The van der Waals surface area contributed by atoms with Crippen molar-refractivity contribution in [1.29, 1.82) is 0 Å². The number of thioether (sulfide) groups is 1. The van der Waals surface area contributed by atoms with Gasteiger partial charge < -0.3 is 9.73 Å². The van der Waals surface area contributed by atoms with Crippen molar-refractivity contribution in [3.05, 3.63) is 84.9 Å². The number of hydrogen-bond donors (Lipinski definition) is 1. The Balaban J connectivity index is 1.25. The van der Waals surface area contributed by atoms with Gasteiger partial charge in [0, 0.05) is 5.39 Å². The van der Waals surface area contributed by atoms with Gasteiger partial charge in [0.2, 0.25) is 11.8 Å². The number of rotatable bonds is 5. The Kier molecular flexibility index (Phi) is 5.05. The molecule has 0 aliphatic carbocycles. The second-order valence-electron chi connectivity index (χ2n) is 7.48. The number of thiazole rings is 1. The van der Waals surface area contributed by atoms with Gasteiger partial charge >= 0.3 is 0 Å². The van der Waals surface area contributed by atoms with Crippen molar-refractivity contribution in [2.75, 3.05) is 11.1 Å². The topological polar surface area (TPSA) is 68.0 Å². The van der Waals surface area contributed by atoms with Gasteiger partial charge in [0.25, 0.3) is 0 Å². The number of nitrogens with zero attached hydrogens (tertiary/aromatic N) is 2. The molecular formula is C26H17N3O2S2. The molecule has 0 aliphatic heterocycles. The van der Waals surface area contributed by atoms with Crippen LogP contribution >= 0.6 is 23.1 Å². The van der Waals surface area contributed by atoms with E-state index >= 15 is 0 Å². The number of carbonyl (C=O) groups excluding carboxylic acids is 1. The molecule has 1 N–H and O–H groups in total. The molecule has 6 aromatic rings. The Bertz CT molecular complexity index is 1600. The molecule has 33 heavy (non-hydrogen) atoms. The average Bonchev–Trinajstić information content (AvgIpc) is 3.47. The maximum absolute atomic E-state index is 12.7. The maximum atomic E-state index is 12.7. The Morgan fingerprint density at radius 2 is 1.70 bits per heavy atom. The molecule has 2 aromatic heterocycles. The van der Waals surface area contributed by atoms with Crippen LogP contribution in [0.15, 0.2) is 93.7 Å². The minimum Gasteiger partial charge on any atom is -0.435 e. The predicted octanol–water partition coefficient (Wildman–Crippen LogP) is 6.99. The molecule has 0 saturated heterocycles. The number of fused-ring (bicyclic) bond motifs is 4. The van der Waals surface area contributed by atoms with Gasteiger partial charge in [-0.2, -0.15) is 0 Å². The van der Waals surface area contributed by atoms with Gasteiger partial charge in [0.1, 0.15) is 5.52 Å². The highest BCUT2D eigenvalue weighted by atomic mass is 32.2. The molecule has 0 saturated carbocycles. The SMILES string of the molecule is O=C(CSc1nc2ccccc2s1)Nc1ccccc1-c1nc2ccc3ccccc3c2o1. The van der Waals surface area contributed by atoms with Crippen molar-refractivity contribution >= 4 is 66.8 Å². The molecule has 2 heterocycles. The number of benzene rings is 4. The van der Waals surface area contributed by atoms with Crippen LogP contribution in [0.5, 0.6) is 0 Å². The van der Waals surface area contributed by atoms with Gasteiger partial charge in [0.05, 0.1) is 27.2 Å². The molecule has 0 fully saturated rings. The number of para-hydroxylation sites is 2. The minimum absolute atomic E-state index is 0.103. The highest BCUT2D eigenvalue weighted by Crippen LogP contribution is 2.34. The molecule has 0 atom stereocenters. The number of carbonyl (C=O) groups is 1. The van der Waals surface area contributed by atoms with Crippen LogP contribution in [-0.2, 0) is 4.79 Å². The zero-order valence-corrected chi connectivity index (χ0v) is 19.0. The first-order valence-electron chi connectivity index (χ1n) is 10.4. The lowest BCUT2D eigenvalue weighted by Crippen LogP contribution is -2.14. The van der Waals surface area contributed by atoms with Crippen molar-refractivity contribution < 1.29 is 9.21 Å². The summed E-state index contributed by atoms with van der Waals surface area (Å²) in [6.45, 7) is 0. The van der Waals surface area contributed by atoms with Crippen LogP contribution < -0.4 is 5.32 Å². The summed E-state index contributed by atoms with van der Waals surface area (Å²) in [7, 11) is 0. The smallest absolute Gasteiger partial charge is 0.234 e. The third-order valence-corrected chi connectivity index (χ3v) is 7.49. The van der Waals surface area contributed by atoms with E-state index in [2.05, 4.69) is 15.3 Å². The molecule has 160 valence electrons. The van der Waals surface area contributed by atoms with E-state index in [4.69, 9.17) is 4.42 Å². The molecule has 7 heteroatoms. The second kappa shape index (κ2) is 8.35. The largest absolute Gasteiger partial charge is 0.435 e. The number of aromatic nitrogens is 2. The third kappa shape index (κ3) is 3.86. The normalized spacial score (nSPS) is 11.4. The van der Waals surface area contributed by atoms with E-state index in [9.17, 15) is 4.79 Å².